The van der Waals surface area contributed by atoms with E-state index in [1.54, 1.807) is 11.3 Å². The van der Waals surface area contributed by atoms with Crippen molar-refractivity contribution in [1.29, 1.82) is 0 Å². The molecule has 1 N–H and O–H groups in total. The molecule has 2 aromatic heterocycles. The molecule has 0 aliphatic heterocycles. The number of rotatable bonds is 5. The molecule has 0 saturated heterocycles. The van der Waals surface area contributed by atoms with Crippen molar-refractivity contribution in [3.8, 4) is 5.75 Å². The van der Waals surface area contributed by atoms with E-state index in [9.17, 15) is 9.90 Å². The van der Waals surface area contributed by atoms with Crippen molar-refractivity contribution in [3.05, 3.63) is 56.4 Å². The Labute approximate surface area is 155 Å². The molecule has 26 heavy (non-hydrogen) atoms. The number of benzene rings is 1. The van der Waals surface area contributed by atoms with Crippen LogP contribution in [0.3, 0.4) is 0 Å². The number of hydrogen-bond donors (Lipinski definition) is 1. The maximum Gasteiger partial charge on any atom is 0.262 e. The van der Waals surface area contributed by atoms with Crippen molar-refractivity contribution in [2.45, 2.75) is 45.8 Å². The molecule has 1 atom stereocenters. The second-order valence-corrected chi connectivity index (χ2v) is 8.06. The molecule has 1 aliphatic rings. The zero-order chi connectivity index (χ0) is 18.3. The van der Waals surface area contributed by atoms with Gasteiger partial charge in [0.1, 0.15) is 23.3 Å². The SMILES string of the molecule is Cc1ccc(C)c(OC[C@@H](O)Cn2cnc3sc4c(c3c2=O)CCC4)c1. The third kappa shape index (κ3) is 3.15. The Hall–Kier alpha value is -2.18. The first-order valence-electron chi connectivity index (χ1n) is 8.90. The van der Waals surface area contributed by atoms with Crippen LogP contribution in [-0.2, 0) is 19.4 Å². The fourth-order valence-corrected chi connectivity index (χ4v) is 4.70. The number of nitrogens with zero attached hydrogens (tertiary/aromatic N) is 2. The smallest absolute Gasteiger partial charge is 0.262 e. The second-order valence-electron chi connectivity index (χ2n) is 6.97. The summed E-state index contributed by atoms with van der Waals surface area (Å²) in [6.45, 7) is 4.29. The first kappa shape index (κ1) is 17.2. The molecule has 0 saturated carbocycles. The van der Waals surface area contributed by atoms with E-state index in [-0.39, 0.29) is 18.7 Å². The molecule has 2 heterocycles. The predicted octanol–water partition coefficient (Wildman–Crippen LogP) is 3.00. The lowest BCUT2D eigenvalue weighted by atomic mass is 10.1. The molecule has 4 rings (SSSR count). The number of aryl methyl sites for hydroxylation is 4. The zero-order valence-corrected chi connectivity index (χ0v) is 15.8. The molecule has 0 unspecified atom stereocenters. The van der Waals surface area contributed by atoms with E-state index < -0.39 is 6.10 Å². The van der Waals surface area contributed by atoms with Gasteiger partial charge in [-0.2, -0.15) is 0 Å². The van der Waals surface area contributed by atoms with Gasteiger partial charge in [0.05, 0.1) is 18.3 Å². The Balaban J connectivity index is 1.51. The van der Waals surface area contributed by atoms with E-state index in [2.05, 4.69) is 4.98 Å². The number of hydrogen-bond acceptors (Lipinski definition) is 5. The van der Waals surface area contributed by atoms with Crippen molar-refractivity contribution >= 4 is 21.6 Å². The fraction of sp³-hybridized carbons (Fsp3) is 0.400. The highest BCUT2D eigenvalue weighted by Gasteiger charge is 2.21. The Morgan fingerprint density at radius 1 is 1.35 bits per heavy atom. The molecule has 0 spiro atoms. The maximum atomic E-state index is 12.8. The molecule has 136 valence electrons. The van der Waals surface area contributed by atoms with E-state index in [4.69, 9.17) is 4.74 Å². The first-order chi connectivity index (χ1) is 12.5. The molecule has 5 nitrogen and oxygen atoms in total. The summed E-state index contributed by atoms with van der Waals surface area (Å²) in [6, 6.07) is 5.98. The molecule has 0 radical (unpaired) electrons. The predicted molar refractivity (Wildman–Crippen MR) is 103 cm³/mol. The molecule has 0 fully saturated rings. The van der Waals surface area contributed by atoms with Crippen molar-refractivity contribution < 1.29 is 9.84 Å². The topological polar surface area (TPSA) is 64.3 Å². The summed E-state index contributed by atoms with van der Waals surface area (Å²) < 4.78 is 7.26. The number of ether oxygens (including phenoxy) is 1. The normalized spacial score (nSPS) is 14.6. The third-order valence-electron chi connectivity index (χ3n) is 4.87. The van der Waals surface area contributed by atoms with Crippen LogP contribution >= 0.6 is 11.3 Å². The van der Waals surface area contributed by atoms with Crippen molar-refractivity contribution in [2.75, 3.05) is 6.61 Å². The van der Waals surface area contributed by atoms with Gasteiger partial charge in [0.15, 0.2) is 0 Å². The highest BCUT2D eigenvalue weighted by Crippen LogP contribution is 2.34. The van der Waals surface area contributed by atoms with Crippen molar-refractivity contribution in [3.63, 3.8) is 0 Å². The van der Waals surface area contributed by atoms with Crippen LogP contribution in [0.25, 0.3) is 10.2 Å². The molecule has 3 aromatic rings. The first-order valence-corrected chi connectivity index (χ1v) is 9.72. The molecule has 0 bridgehead atoms. The van der Waals surface area contributed by atoms with Gasteiger partial charge in [-0.15, -0.1) is 11.3 Å². The Morgan fingerprint density at radius 2 is 2.19 bits per heavy atom. The standard InChI is InChI=1S/C20H22N2O3S/c1-12-6-7-13(2)16(8-12)25-10-14(23)9-22-11-21-19-18(20(22)24)15-4-3-5-17(15)26-19/h6-8,11,14,23H,3-5,9-10H2,1-2H3/t14-/m0/s1. The van der Waals surface area contributed by atoms with Gasteiger partial charge in [-0.1, -0.05) is 12.1 Å². The van der Waals surface area contributed by atoms with E-state index in [1.807, 2.05) is 32.0 Å². The van der Waals surface area contributed by atoms with Crippen LogP contribution in [0.15, 0.2) is 29.3 Å². The Morgan fingerprint density at radius 3 is 3.04 bits per heavy atom. The lowest BCUT2D eigenvalue weighted by molar-refractivity contribution is 0.0911. The quantitative estimate of drug-likeness (QED) is 0.750. The van der Waals surface area contributed by atoms with Crippen LogP contribution in [0.1, 0.15) is 28.0 Å². The van der Waals surface area contributed by atoms with Gasteiger partial charge in [-0.3, -0.25) is 9.36 Å². The van der Waals surface area contributed by atoms with Crippen molar-refractivity contribution in [1.82, 2.24) is 9.55 Å². The van der Waals surface area contributed by atoms with Crippen LogP contribution in [0.5, 0.6) is 5.75 Å². The number of fused-ring (bicyclic) bond motifs is 3. The summed E-state index contributed by atoms with van der Waals surface area (Å²) in [7, 11) is 0. The lowest BCUT2D eigenvalue weighted by Crippen LogP contribution is -2.30. The van der Waals surface area contributed by atoms with Crippen LogP contribution in [0.2, 0.25) is 0 Å². The average Bonchev–Trinajstić information content (AvgIpc) is 3.19. The molecule has 6 heteroatoms. The molecule has 0 amide bonds. The lowest BCUT2D eigenvalue weighted by Gasteiger charge is -2.15. The van der Waals surface area contributed by atoms with Crippen LogP contribution in [0, 0.1) is 13.8 Å². The third-order valence-corrected chi connectivity index (χ3v) is 6.07. The number of aliphatic hydroxyl groups is 1. The zero-order valence-electron chi connectivity index (χ0n) is 15.0. The van der Waals surface area contributed by atoms with E-state index >= 15 is 0 Å². The number of thiophene rings is 1. The van der Waals surface area contributed by atoms with E-state index in [0.717, 1.165) is 51.9 Å². The summed E-state index contributed by atoms with van der Waals surface area (Å²) in [5, 5.41) is 11.1. The van der Waals surface area contributed by atoms with E-state index in [0.29, 0.717) is 0 Å². The minimum Gasteiger partial charge on any atom is -0.491 e. The highest BCUT2D eigenvalue weighted by atomic mass is 32.1. The van der Waals surface area contributed by atoms with Crippen molar-refractivity contribution in [2.24, 2.45) is 0 Å². The summed E-state index contributed by atoms with van der Waals surface area (Å²) in [5.74, 6) is 0.764. The van der Waals surface area contributed by atoms with E-state index in [1.165, 1.54) is 15.8 Å². The van der Waals surface area contributed by atoms with Crippen LogP contribution in [-0.4, -0.2) is 27.4 Å². The van der Waals surface area contributed by atoms with Gasteiger partial charge in [-0.25, -0.2) is 4.98 Å². The van der Waals surface area contributed by atoms with Gasteiger partial charge >= 0.3 is 0 Å². The van der Waals surface area contributed by atoms with Gasteiger partial charge in [-0.05, 0) is 55.9 Å². The molecule has 1 aromatic carbocycles. The van der Waals surface area contributed by atoms with Gasteiger partial charge in [0, 0.05) is 4.88 Å². The Bertz CT molecular complexity index is 1020. The summed E-state index contributed by atoms with van der Waals surface area (Å²) in [4.78, 5) is 19.4. The second kappa shape index (κ2) is 6.85. The minimum absolute atomic E-state index is 0.0554. The summed E-state index contributed by atoms with van der Waals surface area (Å²) >= 11 is 1.63. The molecular weight excluding hydrogens is 348 g/mol. The number of aromatic nitrogens is 2. The number of aliphatic hydroxyl groups excluding tert-OH is 1. The summed E-state index contributed by atoms with van der Waals surface area (Å²) in [6.07, 6.45) is 3.87. The highest BCUT2D eigenvalue weighted by molar-refractivity contribution is 7.18. The minimum atomic E-state index is -0.779. The Kier molecular flexibility index (Phi) is 4.54. The fourth-order valence-electron chi connectivity index (χ4n) is 3.48. The molecular formula is C20H22N2O3S. The maximum absolute atomic E-state index is 12.8. The average molecular weight is 370 g/mol. The van der Waals surface area contributed by atoms with Gasteiger partial charge in [0.2, 0.25) is 0 Å². The van der Waals surface area contributed by atoms with Gasteiger partial charge < -0.3 is 9.84 Å². The van der Waals surface area contributed by atoms with Crippen LogP contribution in [0.4, 0.5) is 0 Å². The molecule has 1 aliphatic carbocycles. The largest absolute Gasteiger partial charge is 0.491 e. The van der Waals surface area contributed by atoms with Crippen LogP contribution < -0.4 is 10.3 Å². The van der Waals surface area contributed by atoms with Gasteiger partial charge in [0.25, 0.3) is 5.56 Å². The summed E-state index contributed by atoms with van der Waals surface area (Å²) in [5.41, 5.74) is 3.24. The monoisotopic (exact) mass is 370 g/mol.